The van der Waals surface area contributed by atoms with E-state index in [2.05, 4.69) is 32.2 Å². The summed E-state index contributed by atoms with van der Waals surface area (Å²) in [5.41, 5.74) is 2.63. The van der Waals surface area contributed by atoms with Gasteiger partial charge in [0.1, 0.15) is 0 Å². The van der Waals surface area contributed by atoms with Gasteiger partial charge in [-0.3, -0.25) is 24.8 Å². The normalized spacial score (nSPS) is 15.2. The number of carbonyl (C=O) groups is 1. The first-order valence-electron chi connectivity index (χ1n) is 10.6. The third-order valence-corrected chi connectivity index (χ3v) is 5.74. The Balaban J connectivity index is 1.42. The van der Waals surface area contributed by atoms with E-state index in [1.165, 1.54) is 30.0 Å². The molecule has 1 amide bonds. The van der Waals surface area contributed by atoms with Gasteiger partial charge in [-0.1, -0.05) is 24.3 Å². The van der Waals surface area contributed by atoms with Crippen LogP contribution >= 0.6 is 0 Å². The minimum absolute atomic E-state index is 0.0105. The van der Waals surface area contributed by atoms with Crippen molar-refractivity contribution in [3.8, 4) is 0 Å². The number of para-hydroxylation sites is 1. The molecule has 8 nitrogen and oxygen atoms in total. The van der Waals surface area contributed by atoms with E-state index in [-0.39, 0.29) is 17.6 Å². The van der Waals surface area contributed by atoms with Crippen molar-refractivity contribution >= 4 is 17.3 Å². The first kappa shape index (κ1) is 21.5. The number of hydrogen-bond acceptors (Lipinski definition) is 6. The van der Waals surface area contributed by atoms with Gasteiger partial charge < -0.3 is 10.2 Å². The van der Waals surface area contributed by atoms with E-state index in [9.17, 15) is 14.9 Å². The molecule has 8 heteroatoms. The van der Waals surface area contributed by atoms with Crippen LogP contribution in [0.2, 0.25) is 0 Å². The predicted molar refractivity (Wildman–Crippen MR) is 123 cm³/mol. The second kappa shape index (κ2) is 10.0. The van der Waals surface area contributed by atoms with Crippen LogP contribution in [0.3, 0.4) is 0 Å². The van der Waals surface area contributed by atoms with Gasteiger partial charge in [0.05, 0.1) is 11.0 Å². The molecule has 1 aromatic heterocycles. The molecule has 0 unspecified atom stereocenters. The highest BCUT2D eigenvalue weighted by molar-refractivity contribution is 5.94. The van der Waals surface area contributed by atoms with Gasteiger partial charge >= 0.3 is 0 Å². The number of benzene rings is 2. The van der Waals surface area contributed by atoms with Crippen LogP contribution in [0.15, 0.2) is 79.1 Å². The average molecular weight is 431 g/mol. The Morgan fingerprint density at radius 3 is 2.34 bits per heavy atom. The number of non-ortho nitro benzene ring substituents is 1. The standard InChI is InChI=1S/C24H25N5O3/c30-24(19-8-10-22(11-9-19)29(31)32)26-18-23(20-5-4-12-25-17-20)28-15-13-27(14-16-28)21-6-2-1-3-7-21/h1-12,17,23H,13-16,18H2,(H,26,30)/t23-/m1/s1. The topological polar surface area (TPSA) is 91.6 Å². The maximum absolute atomic E-state index is 12.7. The number of hydrogen-bond donors (Lipinski definition) is 1. The summed E-state index contributed by atoms with van der Waals surface area (Å²) in [5, 5.41) is 13.8. The molecule has 1 fully saturated rings. The molecule has 1 aliphatic heterocycles. The van der Waals surface area contributed by atoms with Crippen molar-refractivity contribution in [2.75, 3.05) is 37.6 Å². The van der Waals surface area contributed by atoms with Crippen molar-refractivity contribution in [1.29, 1.82) is 0 Å². The summed E-state index contributed by atoms with van der Waals surface area (Å²) in [4.78, 5) is 32.0. The SMILES string of the molecule is O=C(NC[C@H](c1cccnc1)N1CCN(c2ccccc2)CC1)c1ccc([N+](=O)[O-])cc1. The molecule has 4 rings (SSSR count). The summed E-state index contributed by atoms with van der Waals surface area (Å²) in [7, 11) is 0. The molecule has 1 N–H and O–H groups in total. The molecule has 3 aromatic rings. The fraction of sp³-hybridized carbons (Fsp3) is 0.250. The van der Waals surface area contributed by atoms with Crippen molar-refractivity contribution in [3.63, 3.8) is 0 Å². The van der Waals surface area contributed by atoms with Crippen molar-refractivity contribution in [1.82, 2.24) is 15.2 Å². The molecular weight excluding hydrogens is 406 g/mol. The van der Waals surface area contributed by atoms with E-state index in [4.69, 9.17) is 0 Å². The maximum atomic E-state index is 12.7. The number of pyridine rings is 1. The smallest absolute Gasteiger partial charge is 0.269 e. The van der Waals surface area contributed by atoms with Crippen LogP contribution < -0.4 is 10.2 Å². The average Bonchev–Trinajstić information content (AvgIpc) is 2.85. The van der Waals surface area contributed by atoms with Crippen LogP contribution in [0.5, 0.6) is 0 Å². The Morgan fingerprint density at radius 1 is 1.00 bits per heavy atom. The maximum Gasteiger partial charge on any atom is 0.269 e. The molecule has 32 heavy (non-hydrogen) atoms. The minimum atomic E-state index is -0.477. The molecule has 0 spiro atoms. The molecule has 1 saturated heterocycles. The third-order valence-electron chi connectivity index (χ3n) is 5.74. The highest BCUT2D eigenvalue weighted by atomic mass is 16.6. The first-order chi connectivity index (χ1) is 15.6. The summed E-state index contributed by atoms with van der Waals surface area (Å²) >= 11 is 0. The molecule has 1 atom stereocenters. The molecule has 0 bridgehead atoms. The van der Waals surface area contributed by atoms with Gasteiger partial charge in [0.25, 0.3) is 11.6 Å². The number of nitro groups is 1. The zero-order valence-corrected chi connectivity index (χ0v) is 17.6. The number of amides is 1. The quantitative estimate of drug-likeness (QED) is 0.456. The number of aromatic nitrogens is 1. The monoisotopic (exact) mass is 431 g/mol. The Hall–Kier alpha value is -3.78. The lowest BCUT2D eigenvalue weighted by atomic mass is 10.1. The first-order valence-corrected chi connectivity index (χ1v) is 10.6. The lowest BCUT2D eigenvalue weighted by molar-refractivity contribution is -0.384. The molecule has 0 saturated carbocycles. The molecule has 164 valence electrons. The van der Waals surface area contributed by atoms with Crippen molar-refractivity contribution < 1.29 is 9.72 Å². The lowest BCUT2D eigenvalue weighted by Gasteiger charge is -2.40. The van der Waals surface area contributed by atoms with Crippen LogP contribution in [-0.4, -0.2) is 53.4 Å². The van der Waals surface area contributed by atoms with E-state index >= 15 is 0 Å². The fourth-order valence-electron chi connectivity index (χ4n) is 3.99. The van der Waals surface area contributed by atoms with Gasteiger partial charge in [0.15, 0.2) is 0 Å². The number of anilines is 1. The number of nitro benzene ring substituents is 1. The molecule has 2 heterocycles. The molecule has 1 aliphatic rings. The van der Waals surface area contributed by atoms with E-state index in [1.54, 1.807) is 6.20 Å². The fourth-order valence-corrected chi connectivity index (χ4v) is 3.99. The number of carbonyl (C=O) groups excluding carboxylic acids is 1. The van der Waals surface area contributed by atoms with Gasteiger partial charge in [-0.2, -0.15) is 0 Å². The summed E-state index contributed by atoms with van der Waals surface area (Å²) < 4.78 is 0. The second-order valence-electron chi connectivity index (χ2n) is 7.67. The van der Waals surface area contributed by atoms with E-state index in [0.717, 1.165) is 31.7 Å². The van der Waals surface area contributed by atoms with Crippen molar-refractivity contribution in [2.45, 2.75) is 6.04 Å². The van der Waals surface area contributed by atoms with Gasteiger partial charge in [0, 0.05) is 68.5 Å². The Morgan fingerprint density at radius 2 is 1.72 bits per heavy atom. The molecular formula is C24H25N5O3. The van der Waals surface area contributed by atoms with Crippen molar-refractivity contribution in [2.24, 2.45) is 0 Å². The van der Waals surface area contributed by atoms with Gasteiger partial charge in [-0.15, -0.1) is 0 Å². The summed E-state index contributed by atoms with van der Waals surface area (Å²) in [5.74, 6) is -0.253. The molecule has 2 aromatic carbocycles. The number of rotatable bonds is 7. The Labute approximate surface area is 186 Å². The van der Waals surface area contributed by atoms with Crippen LogP contribution in [0.25, 0.3) is 0 Å². The van der Waals surface area contributed by atoms with Crippen molar-refractivity contribution in [3.05, 3.63) is 100 Å². The zero-order valence-electron chi connectivity index (χ0n) is 17.6. The lowest BCUT2D eigenvalue weighted by Crippen LogP contribution is -2.50. The number of nitrogens with one attached hydrogen (secondary N) is 1. The van der Waals surface area contributed by atoms with Crippen LogP contribution in [0.4, 0.5) is 11.4 Å². The van der Waals surface area contributed by atoms with E-state index < -0.39 is 4.92 Å². The van der Waals surface area contributed by atoms with Gasteiger partial charge in [-0.25, -0.2) is 0 Å². The van der Waals surface area contributed by atoms with Crippen LogP contribution in [0, 0.1) is 10.1 Å². The summed E-state index contributed by atoms with van der Waals surface area (Å²) in [6.45, 7) is 3.95. The highest BCUT2D eigenvalue weighted by Crippen LogP contribution is 2.23. The minimum Gasteiger partial charge on any atom is -0.369 e. The number of nitrogens with zero attached hydrogens (tertiary/aromatic N) is 4. The van der Waals surface area contributed by atoms with Gasteiger partial charge in [0.2, 0.25) is 0 Å². The highest BCUT2D eigenvalue weighted by Gasteiger charge is 2.26. The van der Waals surface area contributed by atoms with Crippen LogP contribution in [0.1, 0.15) is 22.0 Å². The molecule has 0 aliphatic carbocycles. The zero-order chi connectivity index (χ0) is 22.3. The van der Waals surface area contributed by atoms with E-state index in [0.29, 0.717) is 12.1 Å². The second-order valence-corrected chi connectivity index (χ2v) is 7.67. The number of piperazine rings is 1. The predicted octanol–water partition coefficient (Wildman–Crippen LogP) is 3.28. The Bertz CT molecular complexity index is 1040. The summed E-state index contributed by atoms with van der Waals surface area (Å²) in [6.07, 6.45) is 3.58. The van der Waals surface area contributed by atoms with Crippen LogP contribution in [-0.2, 0) is 0 Å². The third kappa shape index (κ3) is 5.09. The Kier molecular flexibility index (Phi) is 6.72. The largest absolute Gasteiger partial charge is 0.369 e. The van der Waals surface area contributed by atoms with Gasteiger partial charge in [-0.05, 0) is 35.9 Å². The summed E-state index contributed by atoms with van der Waals surface area (Å²) in [6, 6.07) is 19.9. The molecule has 0 radical (unpaired) electrons. The van der Waals surface area contributed by atoms with E-state index in [1.807, 2.05) is 36.5 Å².